The largest absolute Gasteiger partial charge is 0.425 e. The molecule has 0 aliphatic rings. The number of benzene rings is 1. The first-order valence-corrected chi connectivity index (χ1v) is 7.37. The summed E-state index contributed by atoms with van der Waals surface area (Å²) in [5.74, 6) is 1.55. The SMILES string of the molecule is CCN(C)c1cnc(C)o1.Cc1nc2ccccc2s1. The fourth-order valence-corrected chi connectivity index (χ4v) is 2.50. The van der Waals surface area contributed by atoms with Gasteiger partial charge in [-0.2, -0.15) is 0 Å². The summed E-state index contributed by atoms with van der Waals surface area (Å²) >= 11 is 1.74. The minimum absolute atomic E-state index is 0.718. The Labute approximate surface area is 123 Å². The van der Waals surface area contributed by atoms with Gasteiger partial charge in [0.15, 0.2) is 5.89 Å². The van der Waals surface area contributed by atoms with E-state index in [0.29, 0.717) is 0 Å². The first kappa shape index (κ1) is 14.5. The lowest BCUT2D eigenvalue weighted by atomic mass is 10.3. The first-order chi connectivity index (χ1) is 9.60. The Morgan fingerprint density at radius 1 is 1.25 bits per heavy atom. The van der Waals surface area contributed by atoms with Crippen molar-refractivity contribution >= 4 is 27.4 Å². The maximum absolute atomic E-state index is 5.25. The second kappa shape index (κ2) is 6.52. The average molecular weight is 289 g/mol. The van der Waals surface area contributed by atoms with Crippen LogP contribution in [0.25, 0.3) is 10.2 Å². The minimum atomic E-state index is 0.718. The van der Waals surface area contributed by atoms with E-state index in [1.807, 2.05) is 44.0 Å². The molecular weight excluding hydrogens is 270 g/mol. The van der Waals surface area contributed by atoms with Crippen molar-refractivity contribution in [2.45, 2.75) is 20.8 Å². The highest BCUT2D eigenvalue weighted by molar-refractivity contribution is 7.18. The maximum atomic E-state index is 5.25. The third-order valence-corrected chi connectivity index (χ3v) is 3.81. The van der Waals surface area contributed by atoms with Gasteiger partial charge in [-0.15, -0.1) is 11.3 Å². The van der Waals surface area contributed by atoms with E-state index >= 15 is 0 Å². The normalized spacial score (nSPS) is 10.2. The van der Waals surface area contributed by atoms with Crippen LogP contribution in [0.3, 0.4) is 0 Å². The Morgan fingerprint density at radius 3 is 2.60 bits per heavy atom. The van der Waals surface area contributed by atoms with Gasteiger partial charge in [-0.25, -0.2) is 9.97 Å². The van der Waals surface area contributed by atoms with Crippen LogP contribution in [-0.4, -0.2) is 23.6 Å². The first-order valence-electron chi connectivity index (χ1n) is 6.56. The van der Waals surface area contributed by atoms with E-state index in [1.54, 1.807) is 17.5 Å². The van der Waals surface area contributed by atoms with Crippen molar-refractivity contribution in [1.82, 2.24) is 9.97 Å². The van der Waals surface area contributed by atoms with Gasteiger partial charge in [-0.1, -0.05) is 12.1 Å². The molecule has 106 valence electrons. The molecule has 5 heteroatoms. The van der Waals surface area contributed by atoms with Crippen LogP contribution < -0.4 is 4.90 Å². The highest BCUT2D eigenvalue weighted by atomic mass is 32.1. The van der Waals surface area contributed by atoms with Crippen LogP contribution in [0.4, 0.5) is 5.88 Å². The summed E-state index contributed by atoms with van der Waals surface area (Å²) < 4.78 is 6.53. The number of hydrogen-bond donors (Lipinski definition) is 0. The second-order valence-electron chi connectivity index (χ2n) is 4.43. The van der Waals surface area contributed by atoms with E-state index in [2.05, 4.69) is 23.0 Å². The molecule has 0 aliphatic carbocycles. The number of thiazole rings is 1. The maximum Gasteiger partial charge on any atom is 0.216 e. The van der Waals surface area contributed by atoms with Crippen LogP contribution in [0.5, 0.6) is 0 Å². The topological polar surface area (TPSA) is 42.2 Å². The predicted molar refractivity (Wildman–Crippen MR) is 84.5 cm³/mol. The summed E-state index contributed by atoms with van der Waals surface area (Å²) in [4.78, 5) is 10.3. The minimum Gasteiger partial charge on any atom is -0.425 e. The van der Waals surface area contributed by atoms with Crippen molar-refractivity contribution < 1.29 is 4.42 Å². The smallest absolute Gasteiger partial charge is 0.216 e. The third-order valence-electron chi connectivity index (χ3n) is 2.86. The molecule has 0 saturated heterocycles. The van der Waals surface area contributed by atoms with Gasteiger partial charge in [0.25, 0.3) is 0 Å². The summed E-state index contributed by atoms with van der Waals surface area (Å²) in [5, 5.41) is 1.14. The summed E-state index contributed by atoms with van der Waals surface area (Å²) in [5.41, 5.74) is 1.12. The molecule has 0 spiro atoms. The number of fused-ring (bicyclic) bond motifs is 1. The van der Waals surface area contributed by atoms with Crippen LogP contribution in [0.15, 0.2) is 34.9 Å². The molecule has 4 nitrogen and oxygen atoms in total. The molecule has 20 heavy (non-hydrogen) atoms. The Bertz CT molecular complexity index is 641. The molecule has 2 heterocycles. The van der Waals surface area contributed by atoms with Crippen molar-refractivity contribution in [2.24, 2.45) is 0 Å². The summed E-state index contributed by atoms with van der Waals surface area (Å²) in [7, 11) is 1.97. The van der Waals surface area contributed by atoms with Gasteiger partial charge in [0.05, 0.1) is 21.4 Å². The van der Waals surface area contributed by atoms with Crippen molar-refractivity contribution in [2.75, 3.05) is 18.5 Å². The van der Waals surface area contributed by atoms with Gasteiger partial charge >= 0.3 is 0 Å². The summed E-state index contributed by atoms with van der Waals surface area (Å²) in [6.07, 6.45) is 1.73. The van der Waals surface area contributed by atoms with Gasteiger partial charge in [-0.3, -0.25) is 0 Å². The van der Waals surface area contributed by atoms with Gasteiger partial charge < -0.3 is 9.32 Å². The van der Waals surface area contributed by atoms with E-state index < -0.39 is 0 Å². The fourth-order valence-electron chi connectivity index (χ4n) is 1.67. The number of hydrogen-bond acceptors (Lipinski definition) is 5. The lowest BCUT2D eigenvalue weighted by Crippen LogP contribution is -2.14. The van der Waals surface area contributed by atoms with Crippen LogP contribution in [0.1, 0.15) is 17.8 Å². The summed E-state index contributed by atoms with van der Waals surface area (Å²) in [6, 6.07) is 8.19. The van der Waals surface area contributed by atoms with E-state index in [-0.39, 0.29) is 0 Å². The average Bonchev–Trinajstić information content (AvgIpc) is 3.03. The molecule has 1 aromatic carbocycles. The van der Waals surface area contributed by atoms with Gasteiger partial charge in [0.1, 0.15) is 0 Å². The van der Waals surface area contributed by atoms with E-state index in [0.717, 1.165) is 28.8 Å². The van der Waals surface area contributed by atoms with Crippen molar-refractivity contribution in [1.29, 1.82) is 0 Å². The number of oxazole rings is 1. The molecule has 0 atom stereocenters. The van der Waals surface area contributed by atoms with Crippen LogP contribution in [0.2, 0.25) is 0 Å². The van der Waals surface area contributed by atoms with Crippen molar-refractivity contribution in [3.05, 3.63) is 41.4 Å². The van der Waals surface area contributed by atoms with E-state index in [4.69, 9.17) is 4.42 Å². The Kier molecular flexibility index (Phi) is 4.74. The quantitative estimate of drug-likeness (QED) is 0.714. The second-order valence-corrected chi connectivity index (χ2v) is 5.67. The number of aromatic nitrogens is 2. The lowest BCUT2D eigenvalue weighted by molar-refractivity contribution is 0.517. The number of rotatable bonds is 2. The number of para-hydroxylation sites is 1. The molecule has 0 amide bonds. The molecular formula is C15H19N3OS. The van der Waals surface area contributed by atoms with Crippen molar-refractivity contribution in [3.63, 3.8) is 0 Å². The molecule has 0 fully saturated rings. The fraction of sp³-hybridized carbons (Fsp3) is 0.333. The molecule has 0 saturated carbocycles. The van der Waals surface area contributed by atoms with Crippen LogP contribution >= 0.6 is 11.3 Å². The summed E-state index contributed by atoms with van der Waals surface area (Å²) in [6.45, 7) is 6.88. The zero-order valence-corrected chi connectivity index (χ0v) is 13.1. The third kappa shape index (κ3) is 3.57. The standard InChI is InChI=1S/C8H7NS.C7H12N2O/c1-6-9-7-4-2-3-5-8(7)10-6;1-4-9(3)7-5-8-6(2)10-7/h2-5H,1H3;5H,4H2,1-3H3. The zero-order chi connectivity index (χ0) is 14.5. The molecule has 2 aromatic heterocycles. The number of aryl methyl sites for hydroxylation is 2. The van der Waals surface area contributed by atoms with Crippen LogP contribution in [0, 0.1) is 13.8 Å². The molecule has 0 aliphatic heterocycles. The van der Waals surface area contributed by atoms with Gasteiger partial charge in [-0.05, 0) is 26.0 Å². The number of anilines is 1. The van der Waals surface area contributed by atoms with E-state index in [9.17, 15) is 0 Å². The molecule has 3 rings (SSSR count). The predicted octanol–water partition coefficient (Wildman–Crippen LogP) is 4.04. The molecule has 0 N–H and O–H groups in total. The Hall–Kier alpha value is -1.88. The van der Waals surface area contributed by atoms with Gasteiger partial charge in [0, 0.05) is 20.5 Å². The number of nitrogens with zero attached hydrogens (tertiary/aromatic N) is 3. The Morgan fingerprint density at radius 2 is 2.00 bits per heavy atom. The van der Waals surface area contributed by atoms with E-state index in [1.165, 1.54) is 4.70 Å². The highest BCUT2D eigenvalue weighted by Gasteiger charge is 2.01. The molecule has 0 unspecified atom stereocenters. The monoisotopic (exact) mass is 289 g/mol. The van der Waals surface area contributed by atoms with Crippen LogP contribution in [-0.2, 0) is 0 Å². The molecule has 0 radical (unpaired) electrons. The zero-order valence-electron chi connectivity index (χ0n) is 12.3. The molecule has 3 aromatic rings. The Balaban J connectivity index is 0.000000147. The lowest BCUT2D eigenvalue weighted by Gasteiger charge is -2.10. The van der Waals surface area contributed by atoms with Crippen molar-refractivity contribution in [3.8, 4) is 0 Å². The molecule has 0 bridgehead atoms. The highest BCUT2D eigenvalue weighted by Crippen LogP contribution is 2.19. The van der Waals surface area contributed by atoms with Gasteiger partial charge in [0.2, 0.25) is 5.88 Å².